The van der Waals surface area contributed by atoms with Crippen LogP contribution in [0.2, 0.25) is 0 Å². The first-order valence-electron chi connectivity index (χ1n) is 17.9. The number of rotatable bonds is 15. The molecule has 0 saturated carbocycles. The Labute approximate surface area is 320 Å². The Bertz CT molecular complexity index is 2100. The normalized spacial score (nSPS) is 18.7. The summed E-state index contributed by atoms with van der Waals surface area (Å²) in [5.74, 6) is -1.55. The Morgan fingerprint density at radius 2 is 1.40 bits per heavy atom. The molecule has 5 aromatic rings. The van der Waals surface area contributed by atoms with Gasteiger partial charge in [-0.2, -0.15) is 5.26 Å². The SMILES string of the molecule is CC(C)N(C(C)C)P(CCC#N)OC[C@H]1O[C@@H](n2cnc3c(NC(=O)c4ccccc4)ncnc32)[C@H](OC(=O)c2ccccc2)[C@@H]1OC(=O)c1ccccc1. The second kappa shape index (κ2) is 18.2. The second-order valence-electron chi connectivity index (χ2n) is 13.3. The molecule has 1 amide bonds. The number of nitriles is 1. The molecule has 15 heteroatoms. The summed E-state index contributed by atoms with van der Waals surface area (Å²) in [7, 11) is -1.29. The van der Waals surface area contributed by atoms with Crippen LogP contribution in [0.25, 0.3) is 11.2 Å². The van der Waals surface area contributed by atoms with Crippen LogP contribution in [0.1, 0.15) is 71.4 Å². The van der Waals surface area contributed by atoms with E-state index < -0.39 is 50.7 Å². The van der Waals surface area contributed by atoms with Gasteiger partial charge in [0, 0.05) is 30.2 Å². The van der Waals surface area contributed by atoms with Gasteiger partial charge in [-0.25, -0.2) is 24.5 Å². The molecular weight excluding hydrogens is 721 g/mol. The highest BCUT2D eigenvalue weighted by molar-refractivity contribution is 7.50. The third-order valence-electron chi connectivity index (χ3n) is 8.81. The van der Waals surface area contributed by atoms with E-state index in [1.807, 2.05) is 6.07 Å². The van der Waals surface area contributed by atoms with E-state index in [9.17, 15) is 19.6 Å². The first kappa shape index (κ1) is 39.1. The molecule has 0 radical (unpaired) electrons. The van der Waals surface area contributed by atoms with E-state index in [4.69, 9.17) is 18.7 Å². The Balaban J connectivity index is 1.39. The number of nitrogens with zero attached hydrogens (tertiary/aromatic N) is 6. The Morgan fingerprint density at radius 1 is 0.836 bits per heavy atom. The van der Waals surface area contributed by atoms with Gasteiger partial charge in [-0.15, -0.1) is 0 Å². The molecule has 1 saturated heterocycles. The number of amides is 1. The van der Waals surface area contributed by atoms with E-state index >= 15 is 0 Å². The highest BCUT2D eigenvalue weighted by atomic mass is 31.2. The average molecular weight is 764 g/mol. The average Bonchev–Trinajstić information content (AvgIpc) is 3.77. The minimum absolute atomic E-state index is 0.0598. The quantitative estimate of drug-likeness (QED) is 0.0876. The highest BCUT2D eigenvalue weighted by Gasteiger charge is 2.52. The molecule has 0 spiro atoms. The largest absolute Gasteiger partial charge is 0.452 e. The van der Waals surface area contributed by atoms with Crippen molar-refractivity contribution in [3.8, 4) is 6.07 Å². The summed E-state index contributed by atoms with van der Waals surface area (Å²) in [4.78, 5) is 53.8. The predicted molar refractivity (Wildman–Crippen MR) is 205 cm³/mol. The fourth-order valence-corrected chi connectivity index (χ4v) is 8.56. The maximum absolute atomic E-state index is 13.7. The van der Waals surface area contributed by atoms with Gasteiger partial charge < -0.3 is 24.1 Å². The van der Waals surface area contributed by atoms with Crippen LogP contribution in [0.5, 0.6) is 0 Å². The van der Waals surface area contributed by atoms with Crippen molar-refractivity contribution in [2.75, 3.05) is 18.1 Å². The molecule has 3 aromatic carbocycles. The minimum atomic E-state index is -1.29. The number of anilines is 1. The summed E-state index contributed by atoms with van der Waals surface area (Å²) in [5.41, 5.74) is 1.52. The van der Waals surface area contributed by atoms with Crippen LogP contribution < -0.4 is 5.32 Å². The highest BCUT2D eigenvalue weighted by Crippen LogP contribution is 2.47. The van der Waals surface area contributed by atoms with Gasteiger partial charge in [0.25, 0.3) is 5.91 Å². The number of carbonyl (C=O) groups is 3. The number of fused-ring (bicyclic) bond motifs is 1. The van der Waals surface area contributed by atoms with Crippen LogP contribution in [-0.2, 0) is 18.7 Å². The number of hydrogen-bond donors (Lipinski definition) is 1. The zero-order chi connectivity index (χ0) is 38.9. The monoisotopic (exact) mass is 763 g/mol. The molecule has 284 valence electrons. The molecule has 0 aliphatic carbocycles. The molecule has 3 heterocycles. The van der Waals surface area contributed by atoms with E-state index in [1.54, 1.807) is 89.5 Å². The molecule has 1 aliphatic rings. The number of ether oxygens (including phenoxy) is 3. The van der Waals surface area contributed by atoms with Crippen molar-refractivity contribution in [3.05, 3.63) is 120 Å². The van der Waals surface area contributed by atoms with Crippen molar-refractivity contribution in [2.45, 2.75) is 70.7 Å². The van der Waals surface area contributed by atoms with Gasteiger partial charge in [0.2, 0.25) is 0 Å². The molecule has 1 N–H and O–H groups in total. The molecule has 1 unspecified atom stereocenters. The summed E-state index contributed by atoms with van der Waals surface area (Å²) < 4.78 is 29.5. The van der Waals surface area contributed by atoms with Crippen molar-refractivity contribution >= 4 is 43.1 Å². The summed E-state index contributed by atoms with van der Waals surface area (Å²) in [5, 5.41) is 12.3. The van der Waals surface area contributed by atoms with Gasteiger partial charge in [-0.3, -0.25) is 14.0 Å². The zero-order valence-corrected chi connectivity index (χ0v) is 31.8. The van der Waals surface area contributed by atoms with Gasteiger partial charge in [0.05, 0.1) is 30.1 Å². The molecule has 1 fully saturated rings. The van der Waals surface area contributed by atoms with Crippen LogP contribution >= 0.6 is 8.30 Å². The van der Waals surface area contributed by atoms with Crippen molar-refractivity contribution in [3.63, 3.8) is 0 Å². The Hall–Kier alpha value is -5.58. The van der Waals surface area contributed by atoms with Crippen molar-refractivity contribution in [2.24, 2.45) is 0 Å². The lowest BCUT2D eigenvalue weighted by atomic mass is 10.1. The van der Waals surface area contributed by atoms with Gasteiger partial charge in [-0.1, -0.05) is 54.6 Å². The van der Waals surface area contributed by atoms with Crippen molar-refractivity contribution in [1.29, 1.82) is 5.26 Å². The number of benzene rings is 3. The second-order valence-corrected chi connectivity index (χ2v) is 15.1. The number of esters is 2. The first-order chi connectivity index (χ1) is 26.7. The van der Waals surface area contributed by atoms with Gasteiger partial charge in [0.1, 0.15) is 20.7 Å². The summed E-state index contributed by atoms with van der Waals surface area (Å²) >= 11 is 0. The summed E-state index contributed by atoms with van der Waals surface area (Å²) in [6.07, 6.45) is -0.960. The molecule has 55 heavy (non-hydrogen) atoms. The number of aromatic nitrogens is 4. The van der Waals surface area contributed by atoms with E-state index in [0.29, 0.717) is 17.3 Å². The molecule has 1 aliphatic heterocycles. The lowest BCUT2D eigenvalue weighted by Gasteiger charge is -2.37. The summed E-state index contributed by atoms with van der Waals surface area (Å²) in [6, 6.07) is 28.1. The summed E-state index contributed by atoms with van der Waals surface area (Å²) in [6.45, 7) is 8.21. The lowest BCUT2D eigenvalue weighted by Crippen LogP contribution is -2.41. The van der Waals surface area contributed by atoms with E-state index in [0.717, 1.165) is 0 Å². The molecule has 14 nitrogen and oxygen atoms in total. The van der Waals surface area contributed by atoms with Crippen LogP contribution in [0, 0.1) is 11.3 Å². The Morgan fingerprint density at radius 3 is 1.96 bits per heavy atom. The van der Waals surface area contributed by atoms with Crippen LogP contribution in [-0.4, -0.2) is 85.2 Å². The van der Waals surface area contributed by atoms with Crippen LogP contribution in [0.3, 0.4) is 0 Å². The molecule has 2 aromatic heterocycles. The maximum Gasteiger partial charge on any atom is 0.338 e. The fraction of sp³-hybridized carbons (Fsp3) is 0.325. The number of hydrogen-bond acceptors (Lipinski definition) is 12. The smallest absolute Gasteiger partial charge is 0.338 e. The third-order valence-corrected chi connectivity index (χ3v) is 11.3. The predicted octanol–water partition coefficient (Wildman–Crippen LogP) is 6.79. The third kappa shape index (κ3) is 9.21. The van der Waals surface area contributed by atoms with Crippen molar-refractivity contribution < 1.29 is 33.1 Å². The van der Waals surface area contributed by atoms with Gasteiger partial charge in [-0.05, 0) is 64.1 Å². The maximum atomic E-state index is 13.7. The van der Waals surface area contributed by atoms with E-state index in [1.165, 1.54) is 12.7 Å². The van der Waals surface area contributed by atoms with Gasteiger partial charge in [0.15, 0.2) is 35.4 Å². The van der Waals surface area contributed by atoms with Crippen LogP contribution in [0.4, 0.5) is 5.82 Å². The number of imidazole rings is 1. The lowest BCUT2D eigenvalue weighted by molar-refractivity contribution is -0.0539. The van der Waals surface area contributed by atoms with E-state index in [2.05, 4.69) is 58.7 Å². The van der Waals surface area contributed by atoms with Gasteiger partial charge >= 0.3 is 11.9 Å². The topological polar surface area (TPSA) is 171 Å². The zero-order valence-electron chi connectivity index (χ0n) is 30.9. The molecule has 6 rings (SSSR count). The number of nitrogens with one attached hydrogen (secondary N) is 1. The first-order valence-corrected chi connectivity index (χ1v) is 19.3. The fourth-order valence-electron chi connectivity index (χ4n) is 6.43. The Kier molecular flexibility index (Phi) is 12.9. The molecule has 5 atom stereocenters. The van der Waals surface area contributed by atoms with Crippen molar-refractivity contribution in [1.82, 2.24) is 24.2 Å². The minimum Gasteiger partial charge on any atom is -0.452 e. The standard InChI is InChI=1S/C40H42N7O7P/c1-26(2)47(27(3)4)55(22-14-21-41)51-23-31-33(53-39(49)29-17-10-6-11-18-29)34(54-40(50)30-19-12-7-13-20-30)38(52-31)46-25-44-32-35(42-24-43-36(32)46)45-37(48)28-15-8-5-9-16-28/h5-13,15-20,24-27,31,33-34,38H,14,22-23H2,1-4H3,(H,42,43,45,48)/t31-,33-,34-,38-,55?/m1/s1. The number of carbonyl (C=O) groups excluding carboxylic acids is 3. The van der Waals surface area contributed by atoms with E-state index in [-0.39, 0.29) is 47.7 Å². The molecular formula is C40H42N7O7P. The molecule has 0 bridgehead atoms. The van der Waals surface area contributed by atoms with Crippen LogP contribution in [0.15, 0.2) is 104 Å².